The van der Waals surface area contributed by atoms with Crippen molar-refractivity contribution in [2.75, 3.05) is 5.32 Å². The third-order valence-electron chi connectivity index (χ3n) is 4.98. The summed E-state index contributed by atoms with van der Waals surface area (Å²) < 4.78 is 13.2. The van der Waals surface area contributed by atoms with Gasteiger partial charge >= 0.3 is 0 Å². The van der Waals surface area contributed by atoms with Crippen LogP contribution in [0.3, 0.4) is 0 Å². The first-order valence-electron chi connectivity index (χ1n) is 10.3. The number of hydrogen-bond acceptors (Lipinski definition) is 9. The van der Waals surface area contributed by atoms with Crippen LogP contribution >= 0.6 is 15.9 Å². The molecular formula is C22H17BrN8O4. The number of halogens is 1. The average Bonchev–Trinajstić information content (AvgIpc) is 3.57. The minimum Gasteiger partial charge on any atom is -0.444 e. The Morgan fingerprint density at radius 2 is 1.80 bits per heavy atom. The first-order valence-corrected chi connectivity index (χ1v) is 11.1. The van der Waals surface area contributed by atoms with Gasteiger partial charge in [-0.05, 0) is 28.5 Å². The van der Waals surface area contributed by atoms with Crippen molar-refractivity contribution < 1.29 is 19.0 Å². The van der Waals surface area contributed by atoms with Crippen molar-refractivity contribution in [3.63, 3.8) is 0 Å². The van der Waals surface area contributed by atoms with Gasteiger partial charge in [-0.2, -0.15) is 9.69 Å². The van der Waals surface area contributed by atoms with Gasteiger partial charge < -0.3 is 10.1 Å². The van der Waals surface area contributed by atoms with Gasteiger partial charge in [0.1, 0.15) is 5.69 Å². The van der Waals surface area contributed by atoms with Crippen LogP contribution in [0.4, 0.5) is 5.82 Å². The lowest BCUT2D eigenvalue weighted by molar-refractivity contribution is -0.135. The molecule has 35 heavy (non-hydrogen) atoms. The van der Waals surface area contributed by atoms with Gasteiger partial charge in [0.25, 0.3) is 0 Å². The summed E-state index contributed by atoms with van der Waals surface area (Å²) in [5, 5.41) is 24.3. The summed E-state index contributed by atoms with van der Waals surface area (Å²) in [6, 6.07) is 16.6. The summed E-state index contributed by atoms with van der Waals surface area (Å²) in [5.41, 5.74) is 2.13. The minimum absolute atomic E-state index is 0.0629. The molecule has 1 atom stereocenters. The smallest absolute Gasteiger partial charge is 0.244 e. The molecule has 2 aromatic heterocycles. The van der Waals surface area contributed by atoms with Crippen LogP contribution in [-0.4, -0.2) is 48.0 Å². The molecule has 3 heterocycles. The van der Waals surface area contributed by atoms with Crippen LogP contribution in [-0.2, 0) is 14.3 Å². The summed E-state index contributed by atoms with van der Waals surface area (Å²) in [5.74, 6) is -0.290. The van der Waals surface area contributed by atoms with Gasteiger partial charge in [-0.3, -0.25) is 9.59 Å². The van der Waals surface area contributed by atoms with Crippen molar-refractivity contribution in [2.24, 2.45) is 5.10 Å². The molecule has 0 saturated carbocycles. The lowest BCUT2D eigenvalue weighted by Gasteiger charge is -2.18. The monoisotopic (exact) mass is 536 g/mol. The maximum Gasteiger partial charge on any atom is 0.244 e. The molecule has 12 nitrogen and oxygen atoms in total. The SMILES string of the molecule is CC(=O)Nc1nonc1-n1nnc([C@@H]2OC(c3cccc(Br)c3)=NN2C(C)=O)c1-c1ccccc1. The first-order chi connectivity index (χ1) is 16.9. The molecule has 1 aliphatic heterocycles. The van der Waals surface area contributed by atoms with E-state index in [1.165, 1.54) is 23.5 Å². The number of aromatic nitrogens is 5. The molecule has 0 radical (unpaired) electrons. The fourth-order valence-corrected chi connectivity index (χ4v) is 3.93. The predicted octanol–water partition coefficient (Wildman–Crippen LogP) is 3.28. The number of amides is 2. The number of ether oxygens (including phenoxy) is 1. The highest BCUT2D eigenvalue weighted by atomic mass is 79.9. The Morgan fingerprint density at radius 3 is 2.51 bits per heavy atom. The van der Waals surface area contributed by atoms with E-state index in [1.807, 2.05) is 54.6 Å². The van der Waals surface area contributed by atoms with E-state index >= 15 is 0 Å². The van der Waals surface area contributed by atoms with Gasteiger partial charge in [-0.25, -0.2) is 4.63 Å². The Morgan fingerprint density at radius 1 is 1.03 bits per heavy atom. The zero-order chi connectivity index (χ0) is 24.5. The zero-order valence-corrected chi connectivity index (χ0v) is 20.0. The molecule has 0 unspecified atom stereocenters. The lowest BCUT2D eigenvalue weighted by Crippen LogP contribution is -2.26. The number of anilines is 1. The van der Waals surface area contributed by atoms with Crippen LogP contribution in [0.1, 0.15) is 31.3 Å². The van der Waals surface area contributed by atoms with E-state index in [0.717, 1.165) is 4.47 Å². The normalized spacial score (nSPS) is 15.0. The van der Waals surface area contributed by atoms with Crippen molar-refractivity contribution in [3.05, 3.63) is 70.3 Å². The molecular weight excluding hydrogens is 520 g/mol. The second-order valence-electron chi connectivity index (χ2n) is 7.47. The number of rotatable bonds is 5. The maximum atomic E-state index is 12.5. The van der Waals surface area contributed by atoms with Crippen LogP contribution < -0.4 is 5.32 Å². The second kappa shape index (κ2) is 9.10. The summed E-state index contributed by atoms with van der Waals surface area (Å²) >= 11 is 3.44. The fourth-order valence-electron chi connectivity index (χ4n) is 3.53. The van der Waals surface area contributed by atoms with Crippen molar-refractivity contribution in [1.29, 1.82) is 0 Å². The lowest BCUT2D eigenvalue weighted by atomic mass is 10.1. The van der Waals surface area contributed by atoms with Crippen LogP contribution in [0.5, 0.6) is 0 Å². The van der Waals surface area contributed by atoms with E-state index in [2.05, 4.69) is 47.0 Å². The van der Waals surface area contributed by atoms with Gasteiger partial charge in [-0.15, -0.1) is 10.2 Å². The number of carbonyl (C=O) groups excluding carboxylic acids is 2. The highest BCUT2D eigenvalue weighted by Gasteiger charge is 2.39. The summed E-state index contributed by atoms with van der Waals surface area (Å²) in [7, 11) is 0. The molecule has 0 aliphatic carbocycles. The Bertz CT molecular complexity index is 1450. The molecule has 0 fully saturated rings. The predicted molar refractivity (Wildman–Crippen MR) is 126 cm³/mol. The van der Waals surface area contributed by atoms with E-state index in [0.29, 0.717) is 22.5 Å². The summed E-state index contributed by atoms with van der Waals surface area (Å²) in [6.45, 7) is 2.72. The molecule has 13 heteroatoms. The van der Waals surface area contributed by atoms with E-state index in [1.54, 1.807) is 0 Å². The number of benzene rings is 2. The van der Waals surface area contributed by atoms with E-state index in [-0.39, 0.29) is 29.3 Å². The highest BCUT2D eigenvalue weighted by molar-refractivity contribution is 9.10. The Kier molecular flexibility index (Phi) is 5.82. The number of hydrogen-bond donors (Lipinski definition) is 1. The van der Waals surface area contributed by atoms with Crippen molar-refractivity contribution in [2.45, 2.75) is 20.1 Å². The van der Waals surface area contributed by atoms with Crippen molar-refractivity contribution in [3.8, 4) is 17.1 Å². The molecule has 1 aliphatic rings. The van der Waals surface area contributed by atoms with Gasteiger partial charge in [0, 0.05) is 29.4 Å². The Balaban J connectivity index is 1.63. The first kappa shape index (κ1) is 22.4. The average molecular weight is 537 g/mol. The zero-order valence-electron chi connectivity index (χ0n) is 18.4. The third-order valence-corrected chi connectivity index (χ3v) is 5.48. The molecule has 4 aromatic rings. The number of hydrazone groups is 1. The minimum atomic E-state index is -1.01. The molecule has 176 valence electrons. The quantitative estimate of drug-likeness (QED) is 0.409. The molecule has 0 spiro atoms. The van der Waals surface area contributed by atoms with E-state index in [9.17, 15) is 9.59 Å². The molecule has 1 N–H and O–H groups in total. The van der Waals surface area contributed by atoms with Gasteiger partial charge in [0.2, 0.25) is 35.6 Å². The topological polar surface area (TPSA) is 141 Å². The van der Waals surface area contributed by atoms with Crippen LogP contribution in [0, 0.1) is 0 Å². The molecule has 0 bridgehead atoms. The Labute approximate surface area is 206 Å². The highest BCUT2D eigenvalue weighted by Crippen LogP contribution is 2.36. The standard InChI is InChI=1S/C22H17BrN8O4/c1-12(32)24-19-20(28-35-27-19)31-18(14-7-4-3-5-8-14)17(25-29-31)22-30(13(2)33)26-21(34-22)15-9-6-10-16(23)11-15/h3-11,22H,1-2H3,(H,24,27,32)/t22-/m0/s1. The largest absolute Gasteiger partial charge is 0.444 e. The van der Waals surface area contributed by atoms with Crippen LogP contribution in [0.15, 0.2) is 68.8 Å². The van der Waals surface area contributed by atoms with Gasteiger partial charge in [0.05, 0.1) is 0 Å². The van der Waals surface area contributed by atoms with Crippen LogP contribution in [0.2, 0.25) is 0 Å². The number of carbonyl (C=O) groups is 2. The number of nitrogens with one attached hydrogen (secondary N) is 1. The second-order valence-corrected chi connectivity index (χ2v) is 8.38. The molecule has 5 rings (SSSR count). The van der Waals surface area contributed by atoms with Crippen LogP contribution in [0.25, 0.3) is 17.1 Å². The molecule has 0 saturated heterocycles. The summed E-state index contributed by atoms with van der Waals surface area (Å²) in [4.78, 5) is 24.2. The molecule has 2 amide bonds. The van der Waals surface area contributed by atoms with Crippen molar-refractivity contribution in [1.82, 2.24) is 30.3 Å². The third kappa shape index (κ3) is 4.28. The van der Waals surface area contributed by atoms with Gasteiger partial charge in [-0.1, -0.05) is 57.5 Å². The number of nitrogens with zero attached hydrogens (tertiary/aromatic N) is 7. The van der Waals surface area contributed by atoms with E-state index < -0.39 is 6.23 Å². The van der Waals surface area contributed by atoms with Crippen molar-refractivity contribution >= 4 is 39.5 Å². The Hall–Kier alpha value is -4.39. The fraction of sp³-hybridized carbons (Fsp3) is 0.136. The summed E-state index contributed by atoms with van der Waals surface area (Å²) in [6.07, 6.45) is -1.01. The maximum absolute atomic E-state index is 12.5. The van der Waals surface area contributed by atoms with Gasteiger partial charge in [0.15, 0.2) is 5.69 Å². The molecule has 2 aromatic carbocycles. The van der Waals surface area contributed by atoms with E-state index in [4.69, 9.17) is 9.37 Å².